The molecular formula is C18H23ClN4O. The summed E-state index contributed by atoms with van der Waals surface area (Å²) in [6.07, 6.45) is 2.51. The second-order valence-corrected chi connectivity index (χ2v) is 6.76. The third kappa shape index (κ3) is 3.79. The van der Waals surface area contributed by atoms with Gasteiger partial charge in [-0.05, 0) is 57.5 Å². The summed E-state index contributed by atoms with van der Waals surface area (Å²) in [6.45, 7) is 5.84. The van der Waals surface area contributed by atoms with Gasteiger partial charge in [0.2, 0.25) is 5.91 Å². The Labute approximate surface area is 147 Å². The topological polar surface area (TPSA) is 59.0 Å². The van der Waals surface area contributed by atoms with Gasteiger partial charge in [0.15, 0.2) is 0 Å². The van der Waals surface area contributed by atoms with Crippen molar-refractivity contribution in [3.63, 3.8) is 0 Å². The molecule has 1 saturated heterocycles. The van der Waals surface area contributed by atoms with Crippen LogP contribution in [0.25, 0.3) is 5.69 Å². The predicted molar refractivity (Wildman–Crippen MR) is 95.8 cm³/mol. The Morgan fingerprint density at radius 2 is 2.12 bits per heavy atom. The summed E-state index contributed by atoms with van der Waals surface area (Å²) in [5.74, 6) is 0.0607. The van der Waals surface area contributed by atoms with E-state index >= 15 is 0 Å². The van der Waals surface area contributed by atoms with Crippen LogP contribution in [0.15, 0.2) is 24.3 Å². The number of piperidine rings is 1. The van der Waals surface area contributed by atoms with Crippen molar-refractivity contribution >= 4 is 17.5 Å². The number of halogens is 1. The number of aromatic nitrogens is 2. The lowest BCUT2D eigenvalue weighted by molar-refractivity contribution is -0.121. The van der Waals surface area contributed by atoms with E-state index < -0.39 is 0 Å². The summed E-state index contributed by atoms with van der Waals surface area (Å²) in [7, 11) is 0. The van der Waals surface area contributed by atoms with Gasteiger partial charge in [0, 0.05) is 28.9 Å². The van der Waals surface area contributed by atoms with Gasteiger partial charge < -0.3 is 10.6 Å². The number of aryl methyl sites for hydroxylation is 1. The van der Waals surface area contributed by atoms with Crippen LogP contribution in [0, 0.1) is 13.8 Å². The molecule has 0 radical (unpaired) electrons. The fourth-order valence-electron chi connectivity index (χ4n) is 3.18. The first-order chi connectivity index (χ1) is 11.5. The van der Waals surface area contributed by atoms with E-state index in [4.69, 9.17) is 11.6 Å². The summed E-state index contributed by atoms with van der Waals surface area (Å²) in [5.41, 5.74) is 3.82. The minimum Gasteiger partial charge on any atom is -0.352 e. The lowest BCUT2D eigenvalue weighted by Gasteiger charge is -2.23. The largest absolute Gasteiger partial charge is 0.352 e. The smallest absolute Gasteiger partial charge is 0.224 e. The molecule has 1 amide bonds. The van der Waals surface area contributed by atoms with Gasteiger partial charge in [0.25, 0.3) is 0 Å². The van der Waals surface area contributed by atoms with Crippen molar-refractivity contribution in [2.75, 3.05) is 13.1 Å². The van der Waals surface area contributed by atoms with Crippen LogP contribution in [0.3, 0.4) is 0 Å². The Balaban J connectivity index is 1.74. The quantitative estimate of drug-likeness (QED) is 0.894. The van der Waals surface area contributed by atoms with Crippen LogP contribution in [-0.2, 0) is 11.2 Å². The van der Waals surface area contributed by atoms with Crippen LogP contribution in [0.5, 0.6) is 0 Å². The number of nitrogens with one attached hydrogen (secondary N) is 2. The predicted octanol–water partition coefficient (Wildman–Crippen LogP) is 2.55. The average molecular weight is 347 g/mol. The average Bonchev–Trinajstić information content (AvgIpc) is 2.85. The summed E-state index contributed by atoms with van der Waals surface area (Å²) in [4.78, 5) is 12.4. The molecule has 0 unspecified atom stereocenters. The number of carbonyl (C=O) groups is 1. The molecule has 1 aliphatic rings. The van der Waals surface area contributed by atoms with Crippen molar-refractivity contribution in [1.29, 1.82) is 0 Å². The van der Waals surface area contributed by atoms with Crippen LogP contribution in [0.4, 0.5) is 0 Å². The second-order valence-electron chi connectivity index (χ2n) is 6.33. The SMILES string of the molecule is Cc1nn(-c2ccc(Cl)cc2)c(C)c1CC(=O)N[C@H]1CCCNC1. The highest BCUT2D eigenvalue weighted by atomic mass is 35.5. The van der Waals surface area contributed by atoms with Crippen LogP contribution in [-0.4, -0.2) is 34.8 Å². The van der Waals surface area contributed by atoms with E-state index in [0.717, 1.165) is 48.6 Å². The number of amides is 1. The van der Waals surface area contributed by atoms with Crippen molar-refractivity contribution in [3.05, 3.63) is 46.2 Å². The normalized spacial score (nSPS) is 17.7. The molecule has 2 heterocycles. The lowest BCUT2D eigenvalue weighted by Crippen LogP contribution is -2.46. The maximum absolute atomic E-state index is 12.4. The van der Waals surface area contributed by atoms with Gasteiger partial charge in [-0.25, -0.2) is 4.68 Å². The summed E-state index contributed by atoms with van der Waals surface area (Å²) < 4.78 is 1.87. The van der Waals surface area contributed by atoms with Crippen molar-refractivity contribution in [3.8, 4) is 5.69 Å². The van der Waals surface area contributed by atoms with Gasteiger partial charge in [-0.2, -0.15) is 5.10 Å². The maximum atomic E-state index is 12.4. The van der Waals surface area contributed by atoms with Crippen LogP contribution in [0.2, 0.25) is 5.02 Å². The van der Waals surface area contributed by atoms with Gasteiger partial charge in [0.05, 0.1) is 17.8 Å². The highest BCUT2D eigenvalue weighted by Crippen LogP contribution is 2.20. The fourth-order valence-corrected chi connectivity index (χ4v) is 3.30. The van der Waals surface area contributed by atoms with E-state index in [1.54, 1.807) is 0 Å². The van der Waals surface area contributed by atoms with E-state index in [2.05, 4.69) is 15.7 Å². The number of rotatable bonds is 4. The van der Waals surface area contributed by atoms with E-state index in [9.17, 15) is 4.79 Å². The molecule has 3 rings (SSSR count). The lowest BCUT2D eigenvalue weighted by atomic mass is 10.1. The number of carbonyl (C=O) groups excluding carboxylic acids is 1. The second kappa shape index (κ2) is 7.36. The zero-order valence-electron chi connectivity index (χ0n) is 14.1. The fraction of sp³-hybridized carbons (Fsp3) is 0.444. The van der Waals surface area contributed by atoms with E-state index in [-0.39, 0.29) is 11.9 Å². The van der Waals surface area contributed by atoms with Crippen molar-refractivity contribution < 1.29 is 4.79 Å². The highest BCUT2D eigenvalue weighted by Gasteiger charge is 2.19. The number of hydrogen-bond acceptors (Lipinski definition) is 3. The molecule has 2 aromatic rings. The molecule has 2 N–H and O–H groups in total. The van der Waals surface area contributed by atoms with Gasteiger partial charge in [-0.1, -0.05) is 11.6 Å². The molecule has 1 aromatic carbocycles. The third-order valence-corrected chi connectivity index (χ3v) is 4.76. The van der Waals surface area contributed by atoms with Gasteiger partial charge in [-0.3, -0.25) is 4.79 Å². The molecule has 6 heteroatoms. The highest BCUT2D eigenvalue weighted by molar-refractivity contribution is 6.30. The van der Waals surface area contributed by atoms with Crippen LogP contribution < -0.4 is 10.6 Å². The van der Waals surface area contributed by atoms with Gasteiger partial charge >= 0.3 is 0 Å². The van der Waals surface area contributed by atoms with Crippen molar-refractivity contribution in [1.82, 2.24) is 20.4 Å². The summed E-state index contributed by atoms with van der Waals surface area (Å²) >= 11 is 5.95. The summed E-state index contributed by atoms with van der Waals surface area (Å²) in [6, 6.07) is 7.78. The molecule has 1 aromatic heterocycles. The molecule has 24 heavy (non-hydrogen) atoms. The number of nitrogens with zero attached hydrogens (tertiary/aromatic N) is 2. The molecule has 5 nitrogen and oxygen atoms in total. The standard InChI is InChI=1S/C18H23ClN4O/c1-12-17(10-18(24)21-15-4-3-9-20-11-15)13(2)23(22-12)16-7-5-14(19)6-8-16/h5-8,15,20H,3-4,9-11H2,1-2H3,(H,21,24)/t15-/m0/s1. The molecule has 1 fully saturated rings. The maximum Gasteiger partial charge on any atom is 0.224 e. The van der Waals surface area contributed by atoms with Gasteiger partial charge in [-0.15, -0.1) is 0 Å². The molecule has 0 saturated carbocycles. The monoisotopic (exact) mass is 346 g/mol. The number of hydrogen-bond donors (Lipinski definition) is 2. The van der Waals surface area contributed by atoms with Crippen molar-refractivity contribution in [2.24, 2.45) is 0 Å². The Kier molecular flexibility index (Phi) is 5.21. The van der Waals surface area contributed by atoms with Crippen LogP contribution >= 0.6 is 11.6 Å². The first-order valence-corrected chi connectivity index (χ1v) is 8.73. The molecular weight excluding hydrogens is 324 g/mol. The Bertz CT molecular complexity index is 717. The number of benzene rings is 1. The summed E-state index contributed by atoms with van der Waals surface area (Å²) in [5, 5.41) is 11.7. The van der Waals surface area contributed by atoms with Crippen LogP contribution in [0.1, 0.15) is 29.8 Å². The van der Waals surface area contributed by atoms with E-state index in [1.807, 2.05) is 42.8 Å². The third-order valence-electron chi connectivity index (χ3n) is 4.51. The first-order valence-electron chi connectivity index (χ1n) is 8.35. The van der Waals surface area contributed by atoms with E-state index in [0.29, 0.717) is 11.4 Å². The molecule has 1 aliphatic heterocycles. The zero-order valence-corrected chi connectivity index (χ0v) is 14.9. The minimum atomic E-state index is 0.0607. The minimum absolute atomic E-state index is 0.0607. The Morgan fingerprint density at radius 1 is 1.38 bits per heavy atom. The van der Waals surface area contributed by atoms with Gasteiger partial charge in [0.1, 0.15) is 0 Å². The first kappa shape index (κ1) is 17.0. The Morgan fingerprint density at radius 3 is 2.79 bits per heavy atom. The van der Waals surface area contributed by atoms with Crippen molar-refractivity contribution in [2.45, 2.75) is 39.2 Å². The molecule has 0 spiro atoms. The molecule has 0 aliphatic carbocycles. The molecule has 0 bridgehead atoms. The Hall–Kier alpha value is -1.85. The van der Waals surface area contributed by atoms with E-state index in [1.165, 1.54) is 0 Å². The molecule has 128 valence electrons. The molecule has 1 atom stereocenters. The zero-order chi connectivity index (χ0) is 17.1.